The van der Waals surface area contributed by atoms with Gasteiger partial charge < -0.3 is 15.1 Å². The van der Waals surface area contributed by atoms with E-state index in [4.69, 9.17) is 17.2 Å². The summed E-state index contributed by atoms with van der Waals surface area (Å²) in [6.07, 6.45) is 14.3. The third-order valence-corrected chi connectivity index (χ3v) is 8.45. The van der Waals surface area contributed by atoms with Crippen molar-refractivity contribution < 1.29 is 0 Å². The maximum absolute atomic E-state index is 6.00. The number of amidine groups is 1. The van der Waals surface area contributed by atoms with Crippen LogP contribution in [0.15, 0.2) is 35.3 Å². The second-order valence-corrected chi connectivity index (χ2v) is 11.6. The van der Waals surface area contributed by atoms with E-state index in [0.717, 1.165) is 43.1 Å². The highest BCUT2D eigenvalue weighted by Crippen LogP contribution is 2.31. The first kappa shape index (κ1) is 25.5. The molecule has 1 saturated heterocycles. The molecule has 188 valence electrons. The Morgan fingerprint density at radius 1 is 1.03 bits per heavy atom. The van der Waals surface area contributed by atoms with Crippen LogP contribution < -0.4 is 5.32 Å². The number of nitrogens with one attached hydrogen (secondary N) is 1. The zero-order chi connectivity index (χ0) is 23.8. The Morgan fingerprint density at radius 3 is 2.56 bits per heavy atom. The fraction of sp³-hybridized carbons (Fsp3) is 0.724. The van der Waals surface area contributed by atoms with Gasteiger partial charge in [0, 0.05) is 32.1 Å². The largest absolute Gasteiger partial charge is 0.369 e. The highest BCUT2D eigenvalue weighted by molar-refractivity contribution is 7.80. The zero-order valence-electron chi connectivity index (χ0n) is 21.6. The summed E-state index contributed by atoms with van der Waals surface area (Å²) in [6.45, 7) is 8.80. The Bertz CT molecular complexity index is 787. The van der Waals surface area contributed by atoms with Gasteiger partial charge in [-0.2, -0.15) is 0 Å². The summed E-state index contributed by atoms with van der Waals surface area (Å²) >= 11 is 6.00. The first-order valence-electron chi connectivity index (χ1n) is 14.0. The van der Waals surface area contributed by atoms with Crippen molar-refractivity contribution in [2.45, 2.75) is 96.6 Å². The standard InChI is InChI=1S/C29H46N4S/c1-23(2)12-8-11-19-33-27(25-15-4-3-5-16-25)22-32(29(33)34)18-10-9-17-26-21-30-28(31-26)20-24-13-6-7-14-24/h3-5,15-16,23-24,26-27H,6-14,17-22H2,1-2H3,(H,30,31)/t26-,27-/m0/s1. The van der Waals surface area contributed by atoms with Crippen LogP contribution >= 0.6 is 12.2 Å². The summed E-state index contributed by atoms with van der Waals surface area (Å²) in [7, 11) is 0. The van der Waals surface area contributed by atoms with Gasteiger partial charge in [0.2, 0.25) is 0 Å². The number of aliphatic imine (C=N–C) groups is 1. The van der Waals surface area contributed by atoms with Crippen molar-refractivity contribution in [2.75, 3.05) is 26.2 Å². The van der Waals surface area contributed by atoms with Gasteiger partial charge in [0.15, 0.2) is 5.11 Å². The summed E-state index contributed by atoms with van der Waals surface area (Å²) in [4.78, 5) is 9.79. The molecule has 34 heavy (non-hydrogen) atoms. The van der Waals surface area contributed by atoms with Crippen molar-refractivity contribution in [3.05, 3.63) is 35.9 Å². The van der Waals surface area contributed by atoms with Crippen LogP contribution in [-0.4, -0.2) is 53.0 Å². The quantitative estimate of drug-likeness (QED) is 0.254. The Morgan fingerprint density at radius 2 is 1.79 bits per heavy atom. The molecule has 2 fully saturated rings. The molecule has 5 heteroatoms. The molecule has 0 spiro atoms. The van der Waals surface area contributed by atoms with Crippen LogP contribution in [0.5, 0.6) is 0 Å². The smallest absolute Gasteiger partial charge is 0.172 e. The van der Waals surface area contributed by atoms with Crippen LogP contribution in [0.25, 0.3) is 0 Å². The van der Waals surface area contributed by atoms with E-state index in [1.165, 1.54) is 82.0 Å². The van der Waals surface area contributed by atoms with Gasteiger partial charge in [0.1, 0.15) is 0 Å². The number of hydrogen-bond donors (Lipinski definition) is 1. The normalized spacial score (nSPS) is 23.3. The predicted molar refractivity (Wildman–Crippen MR) is 148 cm³/mol. The number of thiocarbonyl (C=S) groups is 1. The van der Waals surface area contributed by atoms with Crippen molar-refractivity contribution >= 4 is 23.2 Å². The van der Waals surface area contributed by atoms with E-state index in [9.17, 15) is 0 Å². The summed E-state index contributed by atoms with van der Waals surface area (Å²) in [5.74, 6) is 2.95. The van der Waals surface area contributed by atoms with Gasteiger partial charge in [0.05, 0.1) is 18.4 Å². The molecule has 0 amide bonds. The van der Waals surface area contributed by atoms with Crippen LogP contribution in [0.4, 0.5) is 0 Å². The second kappa shape index (κ2) is 12.9. The van der Waals surface area contributed by atoms with Gasteiger partial charge in [-0.25, -0.2) is 0 Å². The SMILES string of the molecule is CC(C)CCCCN1C(=S)N(CCCC[C@H]2CN=C(CC3CCCC3)N2)C[C@H]1c1ccccc1. The molecule has 1 aliphatic carbocycles. The molecular formula is C29H46N4S. The number of hydrogen-bond acceptors (Lipinski definition) is 3. The molecule has 0 bridgehead atoms. The average molecular weight is 483 g/mol. The molecule has 4 nitrogen and oxygen atoms in total. The first-order chi connectivity index (χ1) is 16.6. The van der Waals surface area contributed by atoms with E-state index in [2.05, 4.69) is 59.3 Å². The number of unbranched alkanes of at least 4 members (excludes halogenated alkanes) is 2. The molecule has 2 heterocycles. The zero-order valence-corrected chi connectivity index (χ0v) is 22.4. The molecule has 0 radical (unpaired) electrons. The Balaban J connectivity index is 1.20. The van der Waals surface area contributed by atoms with E-state index < -0.39 is 0 Å². The predicted octanol–water partition coefficient (Wildman–Crippen LogP) is 6.58. The summed E-state index contributed by atoms with van der Waals surface area (Å²) in [6, 6.07) is 11.9. The minimum Gasteiger partial charge on any atom is -0.369 e. The van der Waals surface area contributed by atoms with Gasteiger partial charge in [-0.15, -0.1) is 0 Å². The van der Waals surface area contributed by atoms with Gasteiger partial charge >= 0.3 is 0 Å². The minimum absolute atomic E-state index is 0.399. The van der Waals surface area contributed by atoms with E-state index in [1.807, 2.05) is 0 Å². The van der Waals surface area contributed by atoms with Gasteiger partial charge in [-0.1, -0.05) is 82.7 Å². The third-order valence-electron chi connectivity index (χ3n) is 7.96. The van der Waals surface area contributed by atoms with Crippen molar-refractivity contribution in [3.8, 4) is 0 Å². The summed E-state index contributed by atoms with van der Waals surface area (Å²) < 4.78 is 0. The molecule has 1 aromatic rings. The summed E-state index contributed by atoms with van der Waals surface area (Å²) in [5, 5.41) is 4.80. The lowest BCUT2D eigenvalue weighted by Crippen LogP contribution is -2.34. The number of nitrogens with zero attached hydrogens (tertiary/aromatic N) is 3. The highest BCUT2D eigenvalue weighted by atomic mass is 32.1. The van der Waals surface area contributed by atoms with Crippen LogP contribution in [0.1, 0.15) is 96.1 Å². The molecule has 1 N–H and O–H groups in total. The lowest BCUT2D eigenvalue weighted by atomic mass is 10.0. The maximum Gasteiger partial charge on any atom is 0.172 e. The third kappa shape index (κ3) is 7.19. The summed E-state index contributed by atoms with van der Waals surface area (Å²) in [5.41, 5.74) is 1.40. The molecule has 2 aliphatic heterocycles. The molecular weight excluding hydrogens is 436 g/mol. The average Bonchev–Trinajstić information content (AvgIpc) is 3.57. The monoisotopic (exact) mass is 482 g/mol. The van der Waals surface area contributed by atoms with Crippen LogP contribution in [0.3, 0.4) is 0 Å². The number of benzene rings is 1. The van der Waals surface area contributed by atoms with Gasteiger partial charge in [-0.05, 0) is 55.3 Å². The van der Waals surface area contributed by atoms with Crippen molar-refractivity contribution in [1.82, 2.24) is 15.1 Å². The first-order valence-corrected chi connectivity index (χ1v) is 14.4. The second-order valence-electron chi connectivity index (χ2n) is 11.2. The van der Waals surface area contributed by atoms with Crippen LogP contribution in [0, 0.1) is 11.8 Å². The van der Waals surface area contributed by atoms with E-state index in [1.54, 1.807) is 0 Å². The van der Waals surface area contributed by atoms with Crippen LogP contribution in [-0.2, 0) is 0 Å². The molecule has 1 saturated carbocycles. The lowest BCUT2D eigenvalue weighted by molar-refractivity contribution is 0.337. The maximum atomic E-state index is 6.00. The molecule has 2 atom stereocenters. The van der Waals surface area contributed by atoms with Gasteiger partial charge in [0.25, 0.3) is 0 Å². The van der Waals surface area contributed by atoms with Gasteiger partial charge in [-0.3, -0.25) is 4.99 Å². The van der Waals surface area contributed by atoms with Crippen LogP contribution in [0.2, 0.25) is 0 Å². The van der Waals surface area contributed by atoms with Crippen molar-refractivity contribution in [1.29, 1.82) is 0 Å². The van der Waals surface area contributed by atoms with E-state index in [0.29, 0.717) is 12.1 Å². The molecule has 0 unspecified atom stereocenters. The molecule has 0 aromatic heterocycles. The van der Waals surface area contributed by atoms with E-state index >= 15 is 0 Å². The molecule has 4 rings (SSSR count). The topological polar surface area (TPSA) is 30.9 Å². The van der Waals surface area contributed by atoms with Crippen molar-refractivity contribution in [3.63, 3.8) is 0 Å². The molecule has 3 aliphatic rings. The van der Waals surface area contributed by atoms with Crippen molar-refractivity contribution in [2.24, 2.45) is 16.8 Å². The fourth-order valence-electron chi connectivity index (χ4n) is 5.95. The Kier molecular flexibility index (Phi) is 9.67. The minimum atomic E-state index is 0.399. The molecule has 1 aromatic carbocycles. The van der Waals surface area contributed by atoms with E-state index in [-0.39, 0.29) is 0 Å². The Labute approximate surface area is 213 Å². The lowest BCUT2D eigenvalue weighted by Gasteiger charge is -2.26. The Hall–Kier alpha value is -1.62. The number of rotatable bonds is 13. The fourth-order valence-corrected chi connectivity index (χ4v) is 6.33. The highest BCUT2D eigenvalue weighted by Gasteiger charge is 2.34.